The van der Waals surface area contributed by atoms with Crippen LogP contribution in [0.4, 0.5) is 0 Å². The van der Waals surface area contributed by atoms with Crippen LogP contribution >= 0.6 is 0 Å². The van der Waals surface area contributed by atoms with E-state index in [0.717, 1.165) is 5.57 Å². The van der Waals surface area contributed by atoms with Crippen LogP contribution in [-0.2, 0) is 10.0 Å². The van der Waals surface area contributed by atoms with Crippen molar-refractivity contribution in [3.05, 3.63) is 35.3 Å². The highest BCUT2D eigenvalue weighted by atomic mass is 32.2. The third-order valence-electron chi connectivity index (χ3n) is 4.18. The van der Waals surface area contributed by atoms with Crippen LogP contribution in [-0.4, -0.2) is 36.5 Å². The first-order valence-electron chi connectivity index (χ1n) is 7.83. The van der Waals surface area contributed by atoms with Gasteiger partial charge in [0.15, 0.2) is 0 Å². The number of rotatable bonds is 5. The Morgan fingerprint density at radius 1 is 1.27 bits per heavy atom. The van der Waals surface area contributed by atoms with Gasteiger partial charge in [-0.3, -0.25) is 0 Å². The van der Waals surface area contributed by atoms with Crippen LogP contribution in [0.3, 0.4) is 0 Å². The zero-order valence-electron chi connectivity index (χ0n) is 14.2. The average Bonchev–Trinajstić information content (AvgIpc) is 2.60. The third-order valence-corrected chi connectivity index (χ3v) is 6.18. The minimum absolute atomic E-state index is 0.303. The Labute approximate surface area is 135 Å². The first-order valence-corrected chi connectivity index (χ1v) is 9.27. The molecule has 0 saturated carbocycles. The number of sulfonamides is 1. The van der Waals surface area contributed by atoms with Crippen LogP contribution in [0.2, 0.25) is 0 Å². The van der Waals surface area contributed by atoms with E-state index in [1.165, 1.54) is 4.31 Å². The van der Waals surface area contributed by atoms with Crippen molar-refractivity contribution in [3.63, 3.8) is 0 Å². The van der Waals surface area contributed by atoms with Crippen molar-refractivity contribution in [3.8, 4) is 0 Å². The van der Waals surface area contributed by atoms with Crippen LogP contribution in [0.5, 0.6) is 0 Å². The molecule has 0 spiro atoms. The van der Waals surface area contributed by atoms with Crippen molar-refractivity contribution in [1.29, 1.82) is 0 Å². The van der Waals surface area contributed by atoms with E-state index < -0.39 is 15.6 Å². The maximum absolute atomic E-state index is 12.6. The van der Waals surface area contributed by atoms with E-state index in [-0.39, 0.29) is 0 Å². The Kier molecular flexibility index (Phi) is 6.59. The van der Waals surface area contributed by atoms with E-state index in [1.54, 1.807) is 26.0 Å². The topological polar surface area (TPSA) is 57.6 Å². The van der Waals surface area contributed by atoms with Gasteiger partial charge < -0.3 is 5.11 Å². The molecule has 1 atom stereocenters. The summed E-state index contributed by atoms with van der Waals surface area (Å²) in [4.78, 5) is 0.328. The van der Waals surface area contributed by atoms with Crippen LogP contribution in [0, 0.1) is 5.92 Å². The predicted octanol–water partition coefficient (Wildman–Crippen LogP) is 3.23. The van der Waals surface area contributed by atoms with E-state index in [4.69, 9.17) is 0 Å². The van der Waals surface area contributed by atoms with Crippen molar-refractivity contribution in [2.45, 2.75) is 52.6 Å². The minimum Gasteiger partial charge on any atom is -0.390 e. The molecule has 0 amide bonds. The van der Waals surface area contributed by atoms with Gasteiger partial charge >= 0.3 is 0 Å². The van der Waals surface area contributed by atoms with E-state index in [0.29, 0.717) is 43.2 Å². The van der Waals surface area contributed by atoms with Crippen molar-refractivity contribution in [2.24, 2.45) is 5.92 Å². The second kappa shape index (κ2) is 7.57. The molecule has 126 valence electrons. The molecule has 4 nitrogen and oxygen atoms in total. The fourth-order valence-electron chi connectivity index (χ4n) is 2.48. The monoisotopic (exact) mass is 327 g/mol. The van der Waals surface area contributed by atoms with Gasteiger partial charge in [0.05, 0.1) is 10.5 Å². The Hall–Kier alpha value is -0.910. The van der Waals surface area contributed by atoms with Crippen molar-refractivity contribution < 1.29 is 13.5 Å². The molecule has 1 unspecified atom stereocenters. The van der Waals surface area contributed by atoms with Gasteiger partial charge in [0.25, 0.3) is 0 Å². The maximum atomic E-state index is 12.6. The van der Waals surface area contributed by atoms with Crippen molar-refractivity contribution in [1.82, 2.24) is 4.31 Å². The Morgan fingerprint density at radius 2 is 1.91 bits per heavy atom. The molecule has 1 aliphatic heterocycles. The summed E-state index contributed by atoms with van der Waals surface area (Å²) < 4.78 is 26.8. The molecule has 5 heteroatoms. The van der Waals surface area contributed by atoms with Crippen LogP contribution in [0.1, 0.15) is 47.0 Å². The molecule has 0 aromatic rings. The van der Waals surface area contributed by atoms with Crippen molar-refractivity contribution in [2.75, 3.05) is 13.1 Å². The van der Waals surface area contributed by atoms with E-state index in [9.17, 15) is 13.5 Å². The molecule has 22 heavy (non-hydrogen) atoms. The maximum Gasteiger partial charge on any atom is 0.238 e. The Bertz CT molecular complexity index is 556. The minimum atomic E-state index is -3.46. The molecule has 0 aromatic heterocycles. The number of nitrogens with zero attached hydrogens (tertiary/aromatic N) is 1. The molecule has 1 fully saturated rings. The molecule has 1 aliphatic rings. The van der Waals surface area contributed by atoms with Gasteiger partial charge in [-0.15, -0.1) is 0 Å². The summed E-state index contributed by atoms with van der Waals surface area (Å²) >= 11 is 0. The van der Waals surface area contributed by atoms with Gasteiger partial charge in [-0.1, -0.05) is 32.6 Å². The molecule has 0 bridgehead atoms. The summed E-state index contributed by atoms with van der Waals surface area (Å²) in [6, 6.07) is 0. The fourth-order valence-corrected chi connectivity index (χ4v) is 3.83. The molecule has 0 aliphatic carbocycles. The summed E-state index contributed by atoms with van der Waals surface area (Å²) in [6.07, 6.45) is 7.01. The van der Waals surface area contributed by atoms with Gasteiger partial charge in [-0.25, -0.2) is 8.42 Å². The van der Waals surface area contributed by atoms with Gasteiger partial charge in [0.1, 0.15) is 0 Å². The Morgan fingerprint density at radius 3 is 2.45 bits per heavy atom. The summed E-state index contributed by atoms with van der Waals surface area (Å²) in [5.74, 6) is 0.303. The first kappa shape index (κ1) is 19.1. The lowest BCUT2D eigenvalue weighted by molar-refractivity contribution is 0.0465. The van der Waals surface area contributed by atoms with E-state index >= 15 is 0 Å². The molecule has 1 heterocycles. The second-order valence-corrected chi connectivity index (χ2v) is 8.67. The summed E-state index contributed by atoms with van der Waals surface area (Å²) in [5, 5.41) is 10.1. The summed E-state index contributed by atoms with van der Waals surface area (Å²) in [7, 11) is -3.46. The zero-order valence-corrected chi connectivity index (χ0v) is 15.0. The molecule has 0 aromatic carbocycles. The van der Waals surface area contributed by atoms with Gasteiger partial charge in [-0.2, -0.15) is 4.31 Å². The standard InChI is InChI=1S/C17H29NO3S/c1-6-16(14(2)3)9-8-15(4)22(20,21)18-12-7-10-17(5,19)11-13-18/h6,8-9,14,19H,1,7,10-13H2,2-5H3/b15-8+,16-9+. The largest absolute Gasteiger partial charge is 0.390 e. The molecule has 1 saturated heterocycles. The summed E-state index contributed by atoms with van der Waals surface area (Å²) in [6.45, 7) is 12.1. The number of hydrogen-bond acceptors (Lipinski definition) is 3. The van der Waals surface area contributed by atoms with Crippen LogP contribution < -0.4 is 0 Å². The number of allylic oxidation sites excluding steroid dienone is 5. The van der Waals surface area contributed by atoms with E-state index in [2.05, 4.69) is 6.58 Å². The lowest BCUT2D eigenvalue weighted by Crippen LogP contribution is -2.33. The van der Waals surface area contributed by atoms with Gasteiger partial charge in [0.2, 0.25) is 10.0 Å². The molecule has 1 N–H and O–H groups in total. The van der Waals surface area contributed by atoms with Crippen molar-refractivity contribution >= 4 is 10.0 Å². The smallest absolute Gasteiger partial charge is 0.238 e. The lowest BCUT2D eigenvalue weighted by atomic mass is 9.98. The highest BCUT2D eigenvalue weighted by molar-refractivity contribution is 7.93. The van der Waals surface area contributed by atoms with Gasteiger partial charge in [0, 0.05) is 13.1 Å². The fraction of sp³-hybridized carbons (Fsp3) is 0.647. The highest BCUT2D eigenvalue weighted by Gasteiger charge is 2.31. The third kappa shape index (κ3) is 5.07. The molecule has 0 radical (unpaired) electrons. The highest BCUT2D eigenvalue weighted by Crippen LogP contribution is 2.25. The van der Waals surface area contributed by atoms with Gasteiger partial charge in [-0.05, 0) is 50.7 Å². The summed E-state index contributed by atoms with van der Waals surface area (Å²) in [5.41, 5.74) is 0.239. The molecular formula is C17H29NO3S. The quantitative estimate of drug-likeness (QED) is 0.789. The lowest BCUT2D eigenvalue weighted by Gasteiger charge is -2.22. The van der Waals surface area contributed by atoms with Crippen LogP contribution in [0.15, 0.2) is 35.3 Å². The second-order valence-electron chi connectivity index (χ2n) is 6.56. The SMILES string of the molecule is C=C/C(=C\C=C(/C)S(=O)(=O)N1CCCC(C)(O)CC1)C(C)C. The first-order chi connectivity index (χ1) is 10.1. The normalized spacial score (nSPS) is 26.1. The van der Waals surface area contributed by atoms with Crippen LogP contribution in [0.25, 0.3) is 0 Å². The molecular weight excluding hydrogens is 298 g/mol. The predicted molar refractivity (Wildman–Crippen MR) is 91.8 cm³/mol. The molecule has 1 rings (SSSR count). The van der Waals surface area contributed by atoms with E-state index in [1.807, 2.05) is 19.9 Å². The number of hydrogen-bond donors (Lipinski definition) is 1. The zero-order chi connectivity index (χ0) is 17.0. The number of aliphatic hydroxyl groups is 1. The Balaban J connectivity index is 2.95. The average molecular weight is 327 g/mol.